The number of carbonyl (C=O) groups is 1. The van der Waals surface area contributed by atoms with Gasteiger partial charge in [-0.3, -0.25) is 4.79 Å². The van der Waals surface area contributed by atoms with Crippen molar-refractivity contribution in [3.63, 3.8) is 0 Å². The molecular formula is C13H18F2N2O. The molecule has 2 N–H and O–H groups in total. The molecule has 1 aromatic carbocycles. The highest BCUT2D eigenvalue weighted by Crippen LogP contribution is 2.13. The molecule has 0 aliphatic rings. The van der Waals surface area contributed by atoms with Crippen LogP contribution in [0.2, 0.25) is 0 Å². The SMILES string of the molecule is CCCN(CCN)C(=O)Cc1cccc(F)c1F. The summed E-state index contributed by atoms with van der Waals surface area (Å²) < 4.78 is 26.4. The molecule has 0 unspecified atom stereocenters. The maximum atomic E-state index is 13.4. The van der Waals surface area contributed by atoms with Crippen LogP contribution in [0.3, 0.4) is 0 Å². The molecule has 0 spiro atoms. The summed E-state index contributed by atoms with van der Waals surface area (Å²) in [7, 11) is 0. The van der Waals surface area contributed by atoms with Gasteiger partial charge in [0, 0.05) is 25.2 Å². The van der Waals surface area contributed by atoms with Gasteiger partial charge in [0.1, 0.15) is 0 Å². The van der Waals surface area contributed by atoms with E-state index in [1.807, 2.05) is 6.92 Å². The van der Waals surface area contributed by atoms with Crippen LogP contribution in [0, 0.1) is 11.6 Å². The molecule has 0 atom stereocenters. The van der Waals surface area contributed by atoms with Crippen LogP contribution in [0.4, 0.5) is 8.78 Å². The Kier molecular flexibility index (Phi) is 5.71. The van der Waals surface area contributed by atoms with E-state index < -0.39 is 11.6 Å². The average Bonchev–Trinajstić information content (AvgIpc) is 2.34. The van der Waals surface area contributed by atoms with E-state index in [2.05, 4.69) is 0 Å². The lowest BCUT2D eigenvalue weighted by molar-refractivity contribution is -0.130. The third-order valence-electron chi connectivity index (χ3n) is 2.62. The first-order valence-corrected chi connectivity index (χ1v) is 6.00. The van der Waals surface area contributed by atoms with E-state index in [1.54, 1.807) is 4.90 Å². The van der Waals surface area contributed by atoms with E-state index in [-0.39, 0.29) is 17.9 Å². The Morgan fingerprint density at radius 1 is 1.33 bits per heavy atom. The van der Waals surface area contributed by atoms with Crippen LogP contribution >= 0.6 is 0 Å². The molecule has 18 heavy (non-hydrogen) atoms. The van der Waals surface area contributed by atoms with Gasteiger partial charge in [0.25, 0.3) is 0 Å². The zero-order valence-electron chi connectivity index (χ0n) is 10.5. The topological polar surface area (TPSA) is 46.3 Å². The van der Waals surface area contributed by atoms with Gasteiger partial charge in [-0.25, -0.2) is 8.78 Å². The second-order valence-electron chi connectivity index (χ2n) is 4.06. The van der Waals surface area contributed by atoms with Crippen LogP contribution in [0.5, 0.6) is 0 Å². The van der Waals surface area contributed by atoms with Crippen LogP contribution in [0.1, 0.15) is 18.9 Å². The lowest BCUT2D eigenvalue weighted by Gasteiger charge is -2.21. The number of carbonyl (C=O) groups excluding carboxylic acids is 1. The summed E-state index contributed by atoms with van der Waals surface area (Å²) in [5.41, 5.74) is 5.50. The average molecular weight is 256 g/mol. The first-order valence-electron chi connectivity index (χ1n) is 6.00. The molecule has 100 valence electrons. The Morgan fingerprint density at radius 3 is 2.67 bits per heavy atom. The number of hydrogen-bond acceptors (Lipinski definition) is 2. The molecule has 0 saturated heterocycles. The number of rotatable bonds is 6. The van der Waals surface area contributed by atoms with E-state index in [9.17, 15) is 13.6 Å². The summed E-state index contributed by atoms with van der Waals surface area (Å²) in [6, 6.07) is 3.85. The molecule has 0 fully saturated rings. The van der Waals surface area contributed by atoms with Gasteiger partial charge in [-0.2, -0.15) is 0 Å². The van der Waals surface area contributed by atoms with Crippen molar-refractivity contribution >= 4 is 5.91 Å². The van der Waals surface area contributed by atoms with Crippen LogP contribution in [-0.2, 0) is 11.2 Å². The quantitative estimate of drug-likeness (QED) is 0.842. The predicted molar refractivity (Wildman–Crippen MR) is 66.0 cm³/mol. The molecule has 0 radical (unpaired) electrons. The zero-order valence-corrected chi connectivity index (χ0v) is 10.5. The van der Waals surface area contributed by atoms with Crippen molar-refractivity contribution in [2.45, 2.75) is 19.8 Å². The first-order chi connectivity index (χ1) is 8.60. The summed E-state index contributed by atoms with van der Waals surface area (Å²) in [6.07, 6.45) is 0.668. The van der Waals surface area contributed by atoms with E-state index in [0.717, 1.165) is 12.5 Å². The number of halogens is 2. The third kappa shape index (κ3) is 3.77. The number of nitrogens with two attached hydrogens (primary N) is 1. The fraction of sp³-hybridized carbons (Fsp3) is 0.462. The Balaban J connectivity index is 2.75. The largest absolute Gasteiger partial charge is 0.341 e. The molecule has 1 rings (SSSR count). The van der Waals surface area contributed by atoms with E-state index in [4.69, 9.17) is 5.73 Å². The molecule has 3 nitrogen and oxygen atoms in total. The second-order valence-corrected chi connectivity index (χ2v) is 4.06. The normalized spacial score (nSPS) is 10.4. The minimum atomic E-state index is -0.949. The lowest BCUT2D eigenvalue weighted by Crippen LogP contribution is -2.37. The number of benzene rings is 1. The number of hydrogen-bond donors (Lipinski definition) is 1. The molecule has 0 heterocycles. The molecule has 1 amide bonds. The van der Waals surface area contributed by atoms with Crippen molar-refractivity contribution in [1.82, 2.24) is 4.90 Å². The molecule has 0 aliphatic carbocycles. The Labute approximate surface area is 106 Å². The fourth-order valence-corrected chi connectivity index (χ4v) is 1.75. The summed E-state index contributed by atoms with van der Waals surface area (Å²) in [4.78, 5) is 13.5. The molecule has 0 saturated carbocycles. The minimum Gasteiger partial charge on any atom is -0.341 e. The van der Waals surface area contributed by atoms with Gasteiger partial charge in [0.05, 0.1) is 6.42 Å². The van der Waals surface area contributed by atoms with Gasteiger partial charge in [0.15, 0.2) is 11.6 Å². The van der Waals surface area contributed by atoms with E-state index in [1.165, 1.54) is 12.1 Å². The molecule has 5 heteroatoms. The standard InChI is InChI=1S/C13H18F2N2O/c1-2-7-17(8-6-16)12(18)9-10-4-3-5-11(14)13(10)15/h3-5H,2,6-9,16H2,1H3. The fourth-order valence-electron chi connectivity index (χ4n) is 1.75. The van der Waals surface area contributed by atoms with Crippen LogP contribution < -0.4 is 5.73 Å². The Bertz CT molecular complexity index is 404. The molecule has 1 aromatic rings. The summed E-state index contributed by atoms with van der Waals surface area (Å²) >= 11 is 0. The van der Waals surface area contributed by atoms with Crippen molar-refractivity contribution in [3.05, 3.63) is 35.4 Å². The van der Waals surface area contributed by atoms with Crippen molar-refractivity contribution in [1.29, 1.82) is 0 Å². The maximum Gasteiger partial charge on any atom is 0.227 e. The number of amides is 1. The monoisotopic (exact) mass is 256 g/mol. The predicted octanol–water partition coefficient (Wildman–Crippen LogP) is 1.70. The van der Waals surface area contributed by atoms with E-state index >= 15 is 0 Å². The second kappa shape index (κ2) is 7.06. The minimum absolute atomic E-state index is 0.0816. The van der Waals surface area contributed by atoms with Gasteiger partial charge in [-0.05, 0) is 12.5 Å². The highest BCUT2D eigenvalue weighted by atomic mass is 19.2. The highest BCUT2D eigenvalue weighted by Gasteiger charge is 2.16. The molecule has 0 aliphatic heterocycles. The summed E-state index contributed by atoms with van der Waals surface area (Å²) in [6.45, 7) is 3.31. The van der Waals surface area contributed by atoms with Gasteiger partial charge in [-0.15, -0.1) is 0 Å². The molecular weight excluding hydrogens is 238 g/mol. The summed E-state index contributed by atoms with van der Waals surface area (Å²) in [5.74, 6) is -2.11. The third-order valence-corrected chi connectivity index (χ3v) is 2.62. The first kappa shape index (κ1) is 14.6. The van der Waals surface area contributed by atoms with Crippen LogP contribution in [0.15, 0.2) is 18.2 Å². The van der Waals surface area contributed by atoms with E-state index in [0.29, 0.717) is 19.6 Å². The van der Waals surface area contributed by atoms with Crippen molar-refractivity contribution in [2.24, 2.45) is 5.73 Å². The van der Waals surface area contributed by atoms with Crippen LogP contribution in [-0.4, -0.2) is 30.4 Å². The van der Waals surface area contributed by atoms with Gasteiger partial charge in [0.2, 0.25) is 5.91 Å². The molecule has 0 aromatic heterocycles. The zero-order chi connectivity index (χ0) is 13.5. The van der Waals surface area contributed by atoms with Crippen molar-refractivity contribution < 1.29 is 13.6 Å². The van der Waals surface area contributed by atoms with Gasteiger partial charge >= 0.3 is 0 Å². The molecule has 0 bridgehead atoms. The Hall–Kier alpha value is -1.49. The number of nitrogens with zero attached hydrogens (tertiary/aromatic N) is 1. The highest BCUT2D eigenvalue weighted by molar-refractivity contribution is 5.78. The maximum absolute atomic E-state index is 13.4. The van der Waals surface area contributed by atoms with Crippen molar-refractivity contribution in [2.75, 3.05) is 19.6 Å². The van der Waals surface area contributed by atoms with Gasteiger partial charge < -0.3 is 10.6 Å². The smallest absolute Gasteiger partial charge is 0.227 e. The van der Waals surface area contributed by atoms with Gasteiger partial charge in [-0.1, -0.05) is 19.1 Å². The summed E-state index contributed by atoms with van der Waals surface area (Å²) in [5, 5.41) is 0. The lowest BCUT2D eigenvalue weighted by atomic mass is 10.1. The Morgan fingerprint density at radius 2 is 2.06 bits per heavy atom. The van der Waals surface area contributed by atoms with Crippen molar-refractivity contribution in [3.8, 4) is 0 Å². The van der Waals surface area contributed by atoms with Crippen LogP contribution in [0.25, 0.3) is 0 Å².